The van der Waals surface area contributed by atoms with Crippen molar-refractivity contribution in [3.63, 3.8) is 0 Å². The van der Waals surface area contributed by atoms with Gasteiger partial charge in [-0.25, -0.2) is 0 Å². The Morgan fingerprint density at radius 1 is 1.18 bits per heavy atom. The number of allylic oxidation sites excluding steroid dienone is 2. The summed E-state index contributed by atoms with van der Waals surface area (Å²) >= 11 is 6.89. The number of halogens is 1. The highest BCUT2D eigenvalue weighted by atomic mass is 35.7. The molecule has 0 saturated heterocycles. The van der Waals surface area contributed by atoms with Crippen molar-refractivity contribution < 1.29 is 0 Å². The van der Waals surface area contributed by atoms with Gasteiger partial charge in [-0.15, -0.1) is 0 Å². The molecular formula is C13H28ClPSi2. The fourth-order valence-corrected chi connectivity index (χ4v) is 27.6. The van der Waals surface area contributed by atoms with Gasteiger partial charge in [0.05, 0.1) is 16.1 Å². The van der Waals surface area contributed by atoms with Gasteiger partial charge in [0.2, 0.25) is 0 Å². The molecule has 1 aliphatic carbocycles. The van der Waals surface area contributed by atoms with Crippen LogP contribution in [-0.2, 0) is 0 Å². The Kier molecular flexibility index (Phi) is 5.54. The summed E-state index contributed by atoms with van der Waals surface area (Å²) in [4.78, 5) is 0.883. The lowest BCUT2D eigenvalue weighted by Crippen LogP contribution is -2.52. The van der Waals surface area contributed by atoms with E-state index >= 15 is 0 Å². The minimum atomic E-state index is -1.13. The van der Waals surface area contributed by atoms with Crippen molar-refractivity contribution in [2.45, 2.75) is 63.5 Å². The van der Waals surface area contributed by atoms with Gasteiger partial charge in [-0.3, -0.25) is 0 Å². The summed E-state index contributed by atoms with van der Waals surface area (Å²) in [7, 11) is -2.56. The average molecular weight is 307 g/mol. The molecule has 100 valence electrons. The largest absolute Gasteiger partial charge is 0.0964 e. The van der Waals surface area contributed by atoms with Gasteiger partial charge in [0, 0.05) is 6.16 Å². The molecule has 1 rings (SSSR count). The lowest BCUT2D eigenvalue weighted by atomic mass is 10.3. The van der Waals surface area contributed by atoms with E-state index in [1.165, 1.54) is 25.4 Å². The van der Waals surface area contributed by atoms with Crippen LogP contribution in [0.2, 0.25) is 39.3 Å². The van der Waals surface area contributed by atoms with Crippen molar-refractivity contribution in [2.75, 3.05) is 6.16 Å². The Morgan fingerprint density at radius 2 is 1.71 bits per heavy atom. The summed E-state index contributed by atoms with van der Waals surface area (Å²) in [5.74, 6) is 0. The zero-order valence-corrected chi connectivity index (χ0v) is 16.0. The van der Waals surface area contributed by atoms with Crippen LogP contribution in [0.4, 0.5) is 0 Å². The Labute approximate surface area is 116 Å². The van der Waals surface area contributed by atoms with Crippen molar-refractivity contribution in [3.05, 3.63) is 11.6 Å². The Balaban J connectivity index is 2.76. The summed E-state index contributed by atoms with van der Waals surface area (Å²) in [6, 6.07) is 0. The van der Waals surface area contributed by atoms with Gasteiger partial charge in [-0.2, -0.15) is 0 Å². The molecule has 0 aromatic heterocycles. The van der Waals surface area contributed by atoms with Gasteiger partial charge < -0.3 is 0 Å². The molecule has 1 aliphatic rings. The molecule has 0 radical (unpaired) electrons. The van der Waals surface area contributed by atoms with E-state index in [9.17, 15) is 0 Å². The molecule has 0 aromatic rings. The molecule has 0 heterocycles. The van der Waals surface area contributed by atoms with Gasteiger partial charge in [-0.05, 0) is 31.4 Å². The highest BCUT2D eigenvalue weighted by Crippen LogP contribution is 2.55. The molecule has 4 heteroatoms. The van der Waals surface area contributed by atoms with Gasteiger partial charge in [0.15, 0.2) is 0 Å². The number of hydrogen-bond acceptors (Lipinski definition) is 0. The van der Waals surface area contributed by atoms with E-state index < -0.39 is 16.1 Å². The van der Waals surface area contributed by atoms with Gasteiger partial charge >= 0.3 is 0 Å². The third-order valence-corrected chi connectivity index (χ3v) is 21.6. The second-order valence-electron chi connectivity index (χ2n) is 7.45. The zero-order chi connectivity index (χ0) is 13.3. The zero-order valence-electron chi connectivity index (χ0n) is 12.3. The van der Waals surface area contributed by atoms with Gasteiger partial charge in [0.1, 0.15) is 0 Å². The molecule has 0 fully saturated rings. The Morgan fingerprint density at radius 3 is 2.06 bits per heavy atom. The minimum Gasteiger partial charge on any atom is -0.0964 e. The van der Waals surface area contributed by atoms with Crippen LogP contribution in [-0.4, -0.2) is 27.2 Å². The maximum Gasteiger partial charge on any atom is 0.0506 e. The predicted molar refractivity (Wildman–Crippen MR) is 90.1 cm³/mol. The molecule has 1 unspecified atom stereocenters. The smallest absolute Gasteiger partial charge is 0.0506 e. The lowest BCUT2D eigenvalue weighted by molar-refractivity contribution is 0.908. The standard InChI is InChI=1S/C13H28ClPSi2/c1-16(2,3)13(17(4,5)6)15(14)11-12-9-7-8-10-12/h9,13H,7-8,10-11H2,1-6H3. The maximum absolute atomic E-state index is 6.89. The van der Waals surface area contributed by atoms with Gasteiger partial charge in [-0.1, -0.05) is 62.2 Å². The van der Waals surface area contributed by atoms with Crippen LogP contribution < -0.4 is 0 Å². The second kappa shape index (κ2) is 5.90. The first-order chi connectivity index (χ1) is 7.62. The summed E-state index contributed by atoms with van der Waals surface area (Å²) in [5, 5.41) is 0. The third-order valence-electron chi connectivity index (χ3n) is 3.41. The van der Waals surface area contributed by atoms with E-state index in [1.807, 2.05) is 0 Å². The van der Waals surface area contributed by atoms with Crippen molar-refractivity contribution in [3.8, 4) is 0 Å². The van der Waals surface area contributed by atoms with E-state index in [1.54, 1.807) is 5.57 Å². The number of rotatable bonds is 5. The van der Waals surface area contributed by atoms with Crippen LogP contribution in [0.15, 0.2) is 11.6 Å². The molecule has 0 spiro atoms. The van der Waals surface area contributed by atoms with Crippen LogP contribution >= 0.6 is 18.5 Å². The minimum absolute atomic E-state index is 0.304. The normalized spacial score (nSPS) is 19.6. The number of hydrogen-bond donors (Lipinski definition) is 0. The van der Waals surface area contributed by atoms with Crippen LogP contribution in [0.5, 0.6) is 0 Å². The molecular weight excluding hydrogens is 279 g/mol. The van der Waals surface area contributed by atoms with Crippen LogP contribution in [0.3, 0.4) is 0 Å². The van der Waals surface area contributed by atoms with Crippen LogP contribution in [0, 0.1) is 0 Å². The predicted octanol–water partition coefficient (Wildman–Crippen LogP) is 5.86. The van der Waals surface area contributed by atoms with Crippen molar-refractivity contribution in [1.29, 1.82) is 0 Å². The first kappa shape index (κ1) is 15.9. The van der Waals surface area contributed by atoms with Crippen molar-refractivity contribution in [1.82, 2.24) is 0 Å². The van der Waals surface area contributed by atoms with E-state index in [-0.39, 0.29) is 7.27 Å². The summed E-state index contributed by atoms with van der Waals surface area (Å²) in [6.45, 7) is 15.1. The quantitative estimate of drug-likeness (QED) is 0.339. The molecule has 0 aromatic carbocycles. The first-order valence-electron chi connectivity index (χ1n) is 6.72. The molecule has 0 amide bonds. The Hall–Kier alpha value is 0.894. The summed E-state index contributed by atoms with van der Waals surface area (Å²) in [6.07, 6.45) is 7.63. The highest BCUT2D eigenvalue weighted by Gasteiger charge is 2.42. The van der Waals surface area contributed by atoms with E-state index in [4.69, 9.17) is 11.2 Å². The molecule has 0 saturated carbocycles. The molecule has 17 heavy (non-hydrogen) atoms. The molecule has 1 atom stereocenters. The van der Waals surface area contributed by atoms with E-state index in [2.05, 4.69) is 45.4 Å². The average Bonchev–Trinajstić information content (AvgIpc) is 2.49. The van der Waals surface area contributed by atoms with Crippen LogP contribution in [0.25, 0.3) is 0 Å². The van der Waals surface area contributed by atoms with Crippen LogP contribution in [0.1, 0.15) is 19.3 Å². The van der Waals surface area contributed by atoms with Gasteiger partial charge in [0.25, 0.3) is 0 Å². The molecule has 0 bridgehead atoms. The van der Waals surface area contributed by atoms with E-state index in [0.29, 0.717) is 0 Å². The third kappa shape index (κ3) is 4.82. The molecule has 0 aliphatic heterocycles. The topological polar surface area (TPSA) is 0 Å². The Bertz CT molecular complexity index is 275. The lowest BCUT2D eigenvalue weighted by Gasteiger charge is -2.41. The summed E-state index contributed by atoms with van der Waals surface area (Å²) in [5.41, 5.74) is 1.66. The second-order valence-corrected chi connectivity index (χ2v) is 22.5. The SMILES string of the molecule is C[Si](C)(C)C(P(Cl)CC1=CCCC1)[Si](C)(C)C. The maximum atomic E-state index is 6.89. The highest BCUT2D eigenvalue weighted by molar-refractivity contribution is 7.88. The fourth-order valence-electron chi connectivity index (χ4n) is 3.31. The van der Waals surface area contributed by atoms with E-state index in [0.717, 1.165) is 4.91 Å². The fraction of sp³-hybridized carbons (Fsp3) is 0.846. The van der Waals surface area contributed by atoms with Crippen molar-refractivity contribution in [2.24, 2.45) is 0 Å². The molecule has 0 N–H and O–H groups in total. The summed E-state index contributed by atoms with van der Waals surface area (Å²) < 4.78 is 0. The first-order valence-corrected chi connectivity index (χ1v) is 16.4. The van der Waals surface area contributed by atoms with Crippen molar-refractivity contribution >= 4 is 34.7 Å². The monoisotopic (exact) mass is 306 g/mol. The molecule has 0 nitrogen and oxygen atoms in total.